The fourth-order valence-electron chi connectivity index (χ4n) is 0.769. The van der Waals surface area contributed by atoms with Gasteiger partial charge in [-0.1, -0.05) is 0 Å². The van der Waals surface area contributed by atoms with Crippen molar-refractivity contribution in [1.29, 1.82) is 0 Å². The molecule has 0 fully saturated rings. The Labute approximate surface area is 86.5 Å². The molecule has 1 N–H and O–H groups in total. The summed E-state index contributed by atoms with van der Waals surface area (Å²) in [5.74, 6) is 0.452. The predicted octanol–water partition coefficient (Wildman–Crippen LogP) is 0.0569. The number of nitrogens with zero attached hydrogens (tertiary/aromatic N) is 3. The summed E-state index contributed by atoms with van der Waals surface area (Å²) in [7, 11) is 1.44. The summed E-state index contributed by atoms with van der Waals surface area (Å²) in [4.78, 5) is 22.6. The quantitative estimate of drug-likeness (QED) is 0.696. The van der Waals surface area contributed by atoms with Gasteiger partial charge >= 0.3 is 6.01 Å². The Morgan fingerprint density at radius 2 is 2.21 bits per heavy atom. The van der Waals surface area contributed by atoms with Gasteiger partial charge in [0.05, 0.1) is 12.9 Å². The van der Waals surface area contributed by atoms with Crippen LogP contribution in [0.2, 0.25) is 0 Å². The largest absolute Gasteiger partial charge is 0.467 e. The van der Waals surface area contributed by atoms with Crippen LogP contribution in [0.25, 0.3) is 0 Å². The summed E-state index contributed by atoms with van der Waals surface area (Å²) >= 11 is 3.81. The van der Waals surface area contributed by atoms with E-state index in [4.69, 9.17) is 4.74 Å². The summed E-state index contributed by atoms with van der Waals surface area (Å²) < 4.78 is 4.82. The summed E-state index contributed by atoms with van der Waals surface area (Å²) in [5.41, 5.74) is 0. The van der Waals surface area contributed by atoms with E-state index in [1.54, 1.807) is 6.92 Å². The van der Waals surface area contributed by atoms with Gasteiger partial charge in [-0.15, -0.1) is 0 Å². The normalized spacial score (nSPS) is 9.64. The number of aryl methyl sites for hydroxylation is 1. The van der Waals surface area contributed by atoms with E-state index in [2.05, 4.69) is 32.9 Å². The van der Waals surface area contributed by atoms with Crippen LogP contribution in [0.3, 0.4) is 0 Å². The van der Waals surface area contributed by atoms with Crippen LogP contribution in [0.1, 0.15) is 5.82 Å². The Balaban J connectivity index is 2.86. The Kier molecular flexibility index (Phi) is 3.63. The summed E-state index contributed by atoms with van der Waals surface area (Å²) in [6.45, 7) is 1.68. The molecule has 0 bridgehead atoms. The molecule has 76 valence electrons. The molecule has 0 saturated heterocycles. The average molecular weight is 214 g/mol. The van der Waals surface area contributed by atoms with E-state index in [-0.39, 0.29) is 23.6 Å². The van der Waals surface area contributed by atoms with Crippen molar-refractivity contribution in [3.8, 4) is 6.01 Å². The number of amides is 1. The number of carbonyl (C=O) groups is 1. The second-order valence-electron chi connectivity index (χ2n) is 2.40. The summed E-state index contributed by atoms with van der Waals surface area (Å²) in [5, 5.41) is 2.45. The SMILES string of the molecule is COc1nc(C)nc(NC(=O)CS)n1. The average Bonchev–Trinajstić information content (AvgIpc) is 2.16. The maximum Gasteiger partial charge on any atom is 0.321 e. The van der Waals surface area contributed by atoms with Crippen LogP contribution in [-0.4, -0.2) is 33.7 Å². The van der Waals surface area contributed by atoms with Gasteiger partial charge in [-0.05, 0) is 6.92 Å². The minimum atomic E-state index is -0.277. The number of nitrogens with one attached hydrogen (secondary N) is 1. The van der Waals surface area contributed by atoms with Crippen molar-refractivity contribution in [2.75, 3.05) is 18.2 Å². The van der Waals surface area contributed by atoms with Crippen LogP contribution >= 0.6 is 12.6 Å². The zero-order valence-corrected chi connectivity index (χ0v) is 8.71. The zero-order chi connectivity index (χ0) is 10.6. The molecule has 0 aliphatic rings. The van der Waals surface area contributed by atoms with E-state index >= 15 is 0 Å². The summed E-state index contributed by atoms with van der Waals surface area (Å²) in [6, 6.07) is 0.173. The van der Waals surface area contributed by atoms with Gasteiger partial charge in [0, 0.05) is 0 Å². The van der Waals surface area contributed by atoms with Crippen molar-refractivity contribution in [2.24, 2.45) is 0 Å². The first-order valence-electron chi connectivity index (χ1n) is 3.83. The number of hydrogen-bond acceptors (Lipinski definition) is 6. The van der Waals surface area contributed by atoms with Gasteiger partial charge in [0.1, 0.15) is 5.82 Å². The number of methoxy groups -OCH3 is 1. The van der Waals surface area contributed by atoms with Crippen LogP contribution in [0.15, 0.2) is 0 Å². The Hall–Kier alpha value is -1.37. The fourth-order valence-corrected chi connectivity index (χ4v) is 0.848. The molecule has 0 atom stereocenters. The Morgan fingerprint density at radius 3 is 2.79 bits per heavy atom. The van der Waals surface area contributed by atoms with E-state index in [0.717, 1.165) is 0 Å². The number of aromatic nitrogens is 3. The Morgan fingerprint density at radius 1 is 1.50 bits per heavy atom. The first kappa shape index (κ1) is 10.7. The van der Waals surface area contributed by atoms with Gasteiger partial charge in [0.25, 0.3) is 0 Å². The highest BCUT2D eigenvalue weighted by Gasteiger charge is 2.06. The third-order valence-electron chi connectivity index (χ3n) is 1.30. The van der Waals surface area contributed by atoms with Crippen molar-refractivity contribution >= 4 is 24.5 Å². The lowest BCUT2D eigenvalue weighted by Crippen LogP contribution is -2.16. The topological polar surface area (TPSA) is 77.0 Å². The molecule has 0 aliphatic heterocycles. The molecule has 1 amide bonds. The molecular weight excluding hydrogens is 204 g/mol. The predicted molar refractivity (Wildman–Crippen MR) is 53.6 cm³/mol. The molecule has 0 aromatic carbocycles. The van der Waals surface area contributed by atoms with E-state index < -0.39 is 0 Å². The van der Waals surface area contributed by atoms with Crippen molar-refractivity contribution < 1.29 is 9.53 Å². The highest BCUT2D eigenvalue weighted by atomic mass is 32.1. The molecular formula is C7H10N4O2S. The van der Waals surface area contributed by atoms with Gasteiger partial charge in [-0.2, -0.15) is 27.6 Å². The molecule has 1 rings (SSSR count). The highest BCUT2D eigenvalue weighted by molar-refractivity contribution is 7.81. The second-order valence-corrected chi connectivity index (χ2v) is 2.72. The highest BCUT2D eigenvalue weighted by Crippen LogP contribution is 2.06. The summed E-state index contributed by atoms with van der Waals surface area (Å²) in [6.07, 6.45) is 0. The van der Waals surface area contributed by atoms with Gasteiger partial charge < -0.3 is 4.74 Å². The van der Waals surface area contributed by atoms with E-state index in [9.17, 15) is 4.79 Å². The molecule has 0 saturated carbocycles. The monoisotopic (exact) mass is 214 g/mol. The third kappa shape index (κ3) is 2.84. The minimum absolute atomic E-state index is 0.0764. The lowest BCUT2D eigenvalue weighted by atomic mass is 10.6. The molecule has 0 spiro atoms. The van der Waals surface area contributed by atoms with Crippen LogP contribution < -0.4 is 10.1 Å². The molecule has 1 aromatic heterocycles. The van der Waals surface area contributed by atoms with Crippen LogP contribution in [-0.2, 0) is 4.79 Å². The zero-order valence-electron chi connectivity index (χ0n) is 7.81. The first-order chi connectivity index (χ1) is 6.65. The molecule has 14 heavy (non-hydrogen) atoms. The third-order valence-corrected chi connectivity index (χ3v) is 1.59. The van der Waals surface area contributed by atoms with Crippen molar-refractivity contribution in [1.82, 2.24) is 15.0 Å². The number of anilines is 1. The molecule has 0 aliphatic carbocycles. The molecule has 1 aromatic rings. The lowest BCUT2D eigenvalue weighted by molar-refractivity contribution is -0.113. The fraction of sp³-hybridized carbons (Fsp3) is 0.429. The molecule has 0 unspecified atom stereocenters. The van der Waals surface area contributed by atoms with Crippen molar-refractivity contribution in [2.45, 2.75) is 6.92 Å². The maximum absolute atomic E-state index is 11.0. The minimum Gasteiger partial charge on any atom is -0.467 e. The number of rotatable bonds is 3. The smallest absolute Gasteiger partial charge is 0.321 e. The van der Waals surface area contributed by atoms with E-state index in [1.165, 1.54) is 7.11 Å². The van der Waals surface area contributed by atoms with E-state index in [1.807, 2.05) is 0 Å². The standard InChI is InChI=1S/C7H10N4O2S/c1-4-8-6(10-5(12)3-14)11-7(9-4)13-2/h14H,3H2,1-2H3,(H,8,9,10,11,12). The first-order valence-corrected chi connectivity index (χ1v) is 4.46. The van der Waals surface area contributed by atoms with Crippen LogP contribution in [0, 0.1) is 6.92 Å². The van der Waals surface area contributed by atoms with Crippen molar-refractivity contribution in [3.05, 3.63) is 5.82 Å². The van der Waals surface area contributed by atoms with Gasteiger partial charge in [0.2, 0.25) is 11.9 Å². The maximum atomic E-state index is 11.0. The van der Waals surface area contributed by atoms with Gasteiger partial charge in [-0.3, -0.25) is 10.1 Å². The molecule has 1 heterocycles. The van der Waals surface area contributed by atoms with Crippen molar-refractivity contribution in [3.63, 3.8) is 0 Å². The lowest BCUT2D eigenvalue weighted by Gasteiger charge is -2.03. The number of thiol groups is 1. The van der Waals surface area contributed by atoms with Crippen LogP contribution in [0.4, 0.5) is 5.95 Å². The number of ether oxygens (including phenoxy) is 1. The van der Waals surface area contributed by atoms with Crippen LogP contribution in [0.5, 0.6) is 6.01 Å². The van der Waals surface area contributed by atoms with Gasteiger partial charge in [0.15, 0.2) is 0 Å². The number of hydrogen-bond donors (Lipinski definition) is 2. The molecule has 6 nitrogen and oxygen atoms in total. The van der Waals surface area contributed by atoms with Gasteiger partial charge in [-0.25, -0.2) is 0 Å². The number of carbonyl (C=O) groups excluding carboxylic acids is 1. The Bertz CT molecular complexity index is 344. The molecule has 0 radical (unpaired) electrons. The molecule has 7 heteroatoms. The second kappa shape index (κ2) is 4.75. The van der Waals surface area contributed by atoms with E-state index in [0.29, 0.717) is 5.82 Å².